The number of rotatable bonds is 8. The molecule has 8 heteroatoms. The number of aliphatic hydroxyl groups is 1. The number of carbonyl (C=O) groups excluding carboxylic acids is 1. The molecule has 0 aliphatic carbocycles. The van der Waals surface area contributed by atoms with Gasteiger partial charge in [0.15, 0.2) is 0 Å². The van der Waals surface area contributed by atoms with Crippen LogP contribution in [0.4, 0.5) is 10.6 Å². The summed E-state index contributed by atoms with van der Waals surface area (Å²) in [6.07, 6.45) is -1.16. The number of anilines is 1. The molecule has 3 N–H and O–H groups in total. The number of hydrogen-bond donors (Lipinski definition) is 3. The van der Waals surface area contributed by atoms with Crippen LogP contribution in [-0.4, -0.2) is 41.2 Å². The number of carbonyl (C=O) groups is 1. The van der Waals surface area contributed by atoms with Crippen LogP contribution >= 0.6 is 0 Å². The minimum Gasteiger partial charge on any atom is -0.496 e. The number of nitrogens with one attached hydrogen (secondary N) is 2. The van der Waals surface area contributed by atoms with Crippen molar-refractivity contribution >= 4 is 11.9 Å². The highest BCUT2D eigenvalue weighted by Gasteiger charge is 2.23. The van der Waals surface area contributed by atoms with E-state index in [4.69, 9.17) is 14.2 Å². The first-order valence-corrected chi connectivity index (χ1v) is 9.85. The zero-order chi connectivity index (χ0) is 22.3. The van der Waals surface area contributed by atoms with Crippen molar-refractivity contribution in [3.05, 3.63) is 42.0 Å². The number of hydrogen-bond acceptors (Lipinski definition) is 7. The summed E-state index contributed by atoms with van der Waals surface area (Å²) < 4.78 is 16.4. The third-order valence-corrected chi connectivity index (χ3v) is 4.14. The maximum atomic E-state index is 12.0. The van der Waals surface area contributed by atoms with Crippen molar-refractivity contribution in [3.8, 4) is 17.4 Å². The molecule has 0 aliphatic rings. The molecule has 1 aromatic heterocycles. The Morgan fingerprint density at radius 2 is 1.97 bits per heavy atom. The molecular weight excluding hydrogens is 386 g/mol. The Labute approximate surface area is 177 Å². The van der Waals surface area contributed by atoms with Crippen LogP contribution in [0.25, 0.3) is 0 Å². The lowest BCUT2D eigenvalue weighted by Gasteiger charge is -2.26. The highest BCUT2D eigenvalue weighted by Crippen LogP contribution is 2.27. The number of aliphatic hydroxyl groups excluding tert-OH is 1. The van der Waals surface area contributed by atoms with Crippen LogP contribution in [-0.2, 0) is 4.74 Å². The van der Waals surface area contributed by atoms with Crippen LogP contribution in [0, 0.1) is 6.92 Å². The number of benzene rings is 1. The minimum atomic E-state index is -1.07. The lowest BCUT2D eigenvalue weighted by Crippen LogP contribution is -2.48. The van der Waals surface area contributed by atoms with Gasteiger partial charge < -0.3 is 30.0 Å². The Hall–Kier alpha value is -3.00. The molecule has 0 saturated heterocycles. The van der Waals surface area contributed by atoms with Gasteiger partial charge in [0.2, 0.25) is 5.88 Å². The Kier molecular flexibility index (Phi) is 7.88. The number of nitrogens with zero attached hydrogens (tertiary/aromatic N) is 1. The van der Waals surface area contributed by atoms with Crippen LogP contribution in [0.3, 0.4) is 0 Å². The molecule has 0 bridgehead atoms. The lowest BCUT2D eigenvalue weighted by molar-refractivity contribution is 0.0440. The SMILES string of the molecule is CC[C@@H](NC(=O)OC(C)(C)C)C(O)Nc1cccc(Oc2ccc(C)c(OC)c2)n1. The fraction of sp³-hybridized carbons (Fsp3) is 0.455. The zero-order valence-electron chi connectivity index (χ0n) is 18.4. The molecule has 0 radical (unpaired) electrons. The molecule has 0 spiro atoms. The molecule has 2 atom stereocenters. The Balaban J connectivity index is 2.03. The van der Waals surface area contributed by atoms with Gasteiger partial charge in [-0.2, -0.15) is 4.98 Å². The zero-order valence-corrected chi connectivity index (χ0v) is 18.4. The van der Waals surface area contributed by atoms with E-state index < -0.39 is 24.0 Å². The molecule has 0 saturated carbocycles. The maximum absolute atomic E-state index is 12.0. The fourth-order valence-corrected chi connectivity index (χ4v) is 2.65. The molecule has 1 aromatic carbocycles. The second-order valence-corrected chi connectivity index (χ2v) is 7.84. The van der Waals surface area contributed by atoms with Crippen molar-refractivity contribution < 1.29 is 24.1 Å². The molecular formula is C22H31N3O5. The Morgan fingerprint density at radius 1 is 1.23 bits per heavy atom. The smallest absolute Gasteiger partial charge is 0.408 e. The van der Waals surface area contributed by atoms with Crippen LogP contribution < -0.4 is 20.1 Å². The van der Waals surface area contributed by atoms with E-state index in [-0.39, 0.29) is 0 Å². The summed E-state index contributed by atoms with van der Waals surface area (Å²) in [7, 11) is 1.60. The third-order valence-electron chi connectivity index (χ3n) is 4.14. The molecule has 1 unspecified atom stereocenters. The average molecular weight is 418 g/mol. The Bertz CT molecular complexity index is 851. The summed E-state index contributed by atoms with van der Waals surface area (Å²) in [5, 5.41) is 16.1. The minimum absolute atomic E-state index is 0.353. The van der Waals surface area contributed by atoms with Crippen LogP contribution in [0.5, 0.6) is 17.4 Å². The van der Waals surface area contributed by atoms with E-state index in [1.54, 1.807) is 52.1 Å². The van der Waals surface area contributed by atoms with Gasteiger partial charge in [0.1, 0.15) is 29.1 Å². The largest absolute Gasteiger partial charge is 0.496 e. The topological polar surface area (TPSA) is 102 Å². The quantitative estimate of drug-likeness (QED) is 0.553. The molecule has 164 valence electrons. The molecule has 8 nitrogen and oxygen atoms in total. The van der Waals surface area contributed by atoms with Gasteiger partial charge in [-0.3, -0.25) is 0 Å². The lowest BCUT2D eigenvalue weighted by atomic mass is 10.2. The van der Waals surface area contributed by atoms with Gasteiger partial charge >= 0.3 is 6.09 Å². The van der Waals surface area contributed by atoms with E-state index in [1.165, 1.54) is 0 Å². The number of amides is 1. The van der Waals surface area contributed by atoms with Crippen molar-refractivity contribution in [2.45, 2.75) is 58.9 Å². The third kappa shape index (κ3) is 7.11. The highest BCUT2D eigenvalue weighted by atomic mass is 16.6. The number of alkyl carbamates (subject to hydrolysis) is 1. The molecule has 1 amide bonds. The monoisotopic (exact) mass is 417 g/mol. The van der Waals surface area contributed by atoms with Gasteiger partial charge in [-0.25, -0.2) is 4.79 Å². The van der Waals surface area contributed by atoms with E-state index in [9.17, 15) is 9.90 Å². The maximum Gasteiger partial charge on any atom is 0.408 e. The number of ether oxygens (including phenoxy) is 3. The second-order valence-electron chi connectivity index (χ2n) is 7.84. The summed E-state index contributed by atoms with van der Waals surface area (Å²) in [4.78, 5) is 16.4. The van der Waals surface area contributed by atoms with E-state index in [0.717, 1.165) is 11.3 Å². The normalized spacial score (nSPS) is 13.2. The number of methoxy groups -OCH3 is 1. The van der Waals surface area contributed by atoms with Crippen LogP contribution in [0.1, 0.15) is 39.7 Å². The van der Waals surface area contributed by atoms with Gasteiger partial charge in [-0.05, 0) is 51.8 Å². The second kappa shape index (κ2) is 10.2. The van der Waals surface area contributed by atoms with E-state index >= 15 is 0 Å². The molecule has 2 aromatic rings. The van der Waals surface area contributed by atoms with Crippen molar-refractivity contribution in [3.63, 3.8) is 0 Å². The Morgan fingerprint density at radius 3 is 2.60 bits per heavy atom. The van der Waals surface area contributed by atoms with Crippen molar-refractivity contribution in [1.82, 2.24) is 10.3 Å². The molecule has 2 rings (SSSR count). The van der Waals surface area contributed by atoms with Gasteiger partial charge in [0.05, 0.1) is 13.2 Å². The van der Waals surface area contributed by atoms with Crippen LogP contribution in [0.15, 0.2) is 36.4 Å². The molecule has 1 heterocycles. The van der Waals surface area contributed by atoms with Crippen LogP contribution in [0.2, 0.25) is 0 Å². The standard InChI is InChI=1S/C22H31N3O5/c1-7-16(23-21(27)30-22(3,4)5)20(26)25-18-9-8-10-19(24-18)29-15-12-11-14(2)17(13-15)28-6/h8-13,16,20,26H,7H2,1-6H3,(H,23,27)(H,24,25)/t16-,20?/m1/s1. The first-order valence-electron chi connectivity index (χ1n) is 9.85. The predicted molar refractivity (Wildman–Crippen MR) is 115 cm³/mol. The van der Waals surface area contributed by atoms with Gasteiger partial charge in [-0.1, -0.05) is 19.1 Å². The van der Waals surface area contributed by atoms with Gasteiger partial charge in [0, 0.05) is 12.1 Å². The number of aryl methyl sites for hydroxylation is 1. The summed E-state index contributed by atoms with van der Waals surface area (Å²) >= 11 is 0. The van der Waals surface area contributed by atoms with E-state index in [1.807, 2.05) is 26.0 Å². The summed E-state index contributed by atoms with van der Waals surface area (Å²) in [6, 6.07) is 10.1. The highest BCUT2D eigenvalue weighted by molar-refractivity contribution is 5.68. The molecule has 0 aliphatic heterocycles. The first-order chi connectivity index (χ1) is 14.1. The summed E-state index contributed by atoms with van der Waals surface area (Å²) in [5.74, 6) is 2.06. The van der Waals surface area contributed by atoms with Crippen molar-refractivity contribution in [1.29, 1.82) is 0 Å². The molecule has 0 fully saturated rings. The number of pyridine rings is 1. The summed E-state index contributed by atoms with van der Waals surface area (Å²) in [6.45, 7) is 9.14. The molecule has 30 heavy (non-hydrogen) atoms. The number of aromatic nitrogens is 1. The fourth-order valence-electron chi connectivity index (χ4n) is 2.65. The van der Waals surface area contributed by atoms with Crippen molar-refractivity contribution in [2.75, 3.05) is 12.4 Å². The van der Waals surface area contributed by atoms with Crippen molar-refractivity contribution in [2.24, 2.45) is 0 Å². The van der Waals surface area contributed by atoms with E-state index in [2.05, 4.69) is 15.6 Å². The first kappa shape index (κ1) is 23.3. The average Bonchev–Trinajstić information content (AvgIpc) is 2.66. The summed E-state index contributed by atoms with van der Waals surface area (Å²) in [5.41, 5.74) is 0.381. The van der Waals surface area contributed by atoms with Gasteiger partial charge in [-0.15, -0.1) is 0 Å². The van der Waals surface area contributed by atoms with E-state index in [0.29, 0.717) is 23.9 Å². The van der Waals surface area contributed by atoms with Gasteiger partial charge in [0.25, 0.3) is 0 Å². The predicted octanol–water partition coefficient (Wildman–Crippen LogP) is 4.22.